The topological polar surface area (TPSA) is 79.3 Å². The molecule has 0 spiro atoms. The van der Waals surface area contributed by atoms with Crippen LogP contribution >= 0.6 is 0 Å². The number of allylic oxidation sites excluding steroid dienone is 1. The standard InChI is InChI=1S/C23H19N3O4/c1-30-16-11-9-14(10-12-16)21(27)20-19-18(17-8-5-13-24-26(17)20)22(28)25(23(19)29)15-6-3-2-4-7-15/h2-13,17-20H,1H3/t17?,18-,19-,20+/m1/s1. The fourth-order valence-electron chi connectivity index (χ4n) is 4.59. The van der Waals surface area contributed by atoms with E-state index in [1.807, 2.05) is 12.1 Å². The number of carbonyl (C=O) groups excluding carboxylic acids is 3. The molecule has 0 aliphatic carbocycles. The first kappa shape index (κ1) is 18.3. The maximum atomic E-state index is 13.5. The van der Waals surface area contributed by atoms with Crippen molar-refractivity contribution in [2.45, 2.75) is 12.1 Å². The van der Waals surface area contributed by atoms with Crippen LogP contribution in [0.3, 0.4) is 0 Å². The first-order chi connectivity index (χ1) is 14.6. The van der Waals surface area contributed by atoms with Crippen LogP contribution in [0.2, 0.25) is 0 Å². The molecule has 2 saturated heterocycles. The Kier molecular flexibility index (Phi) is 4.24. The number of imide groups is 1. The number of anilines is 1. The maximum Gasteiger partial charge on any atom is 0.240 e. The third-order valence-electron chi connectivity index (χ3n) is 5.95. The first-order valence-corrected chi connectivity index (χ1v) is 9.72. The Labute approximate surface area is 173 Å². The molecule has 2 aromatic carbocycles. The van der Waals surface area contributed by atoms with Gasteiger partial charge in [0, 0.05) is 11.8 Å². The molecular formula is C23H19N3O4. The molecule has 2 fully saturated rings. The van der Waals surface area contributed by atoms with Crippen LogP contribution in [-0.2, 0) is 9.59 Å². The zero-order valence-electron chi connectivity index (χ0n) is 16.2. The molecule has 3 aliphatic rings. The molecule has 1 unspecified atom stereocenters. The lowest BCUT2D eigenvalue weighted by molar-refractivity contribution is -0.123. The van der Waals surface area contributed by atoms with Crippen LogP contribution in [0.5, 0.6) is 5.75 Å². The summed E-state index contributed by atoms with van der Waals surface area (Å²) in [7, 11) is 1.55. The molecule has 30 heavy (non-hydrogen) atoms. The van der Waals surface area contributed by atoms with E-state index in [2.05, 4.69) is 5.10 Å². The van der Waals surface area contributed by atoms with Gasteiger partial charge in [0.2, 0.25) is 11.8 Å². The van der Waals surface area contributed by atoms with E-state index in [-0.39, 0.29) is 17.6 Å². The minimum Gasteiger partial charge on any atom is -0.497 e. The summed E-state index contributed by atoms with van der Waals surface area (Å²) < 4.78 is 5.16. The number of hydrogen-bond acceptors (Lipinski definition) is 6. The second-order valence-corrected chi connectivity index (χ2v) is 7.46. The third kappa shape index (κ3) is 2.58. The lowest BCUT2D eigenvalue weighted by Gasteiger charge is -2.30. The number of nitrogens with zero attached hydrogens (tertiary/aromatic N) is 3. The lowest BCUT2D eigenvalue weighted by Crippen LogP contribution is -2.46. The minimum absolute atomic E-state index is 0.237. The number of fused-ring (bicyclic) bond motifs is 3. The molecule has 2 aromatic rings. The molecule has 5 rings (SSSR count). The summed E-state index contributed by atoms with van der Waals surface area (Å²) in [6.45, 7) is 0. The minimum atomic E-state index is -0.847. The van der Waals surface area contributed by atoms with Crippen molar-refractivity contribution in [2.24, 2.45) is 16.9 Å². The zero-order valence-corrected chi connectivity index (χ0v) is 16.2. The fraction of sp³-hybridized carbons (Fsp3) is 0.217. The SMILES string of the molecule is COc1ccc(C(=O)[C@@H]2[C@@H]3C(=O)N(c4ccccc4)C(=O)[C@@H]3C3C=CC=NN32)cc1. The predicted molar refractivity (Wildman–Crippen MR) is 110 cm³/mol. The molecule has 3 aliphatic heterocycles. The molecular weight excluding hydrogens is 382 g/mol. The summed E-state index contributed by atoms with van der Waals surface area (Å²) in [5.74, 6) is -1.71. The van der Waals surface area contributed by atoms with Crippen molar-refractivity contribution in [3.8, 4) is 5.75 Å². The van der Waals surface area contributed by atoms with Gasteiger partial charge in [-0.15, -0.1) is 0 Å². The molecule has 2 amide bonds. The Morgan fingerprint density at radius 2 is 1.67 bits per heavy atom. The number of ketones is 1. The smallest absolute Gasteiger partial charge is 0.240 e. The van der Waals surface area contributed by atoms with E-state index in [0.29, 0.717) is 17.0 Å². The van der Waals surface area contributed by atoms with Crippen LogP contribution in [0.15, 0.2) is 71.9 Å². The predicted octanol–water partition coefficient (Wildman–Crippen LogP) is 2.29. The molecule has 4 atom stereocenters. The fourth-order valence-corrected chi connectivity index (χ4v) is 4.59. The van der Waals surface area contributed by atoms with Crippen LogP contribution in [-0.4, -0.2) is 48.0 Å². The Balaban J connectivity index is 1.56. The van der Waals surface area contributed by atoms with E-state index in [4.69, 9.17) is 4.74 Å². The highest BCUT2D eigenvalue weighted by atomic mass is 16.5. The van der Waals surface area contributed by atoms with Gasteiger partial charge in [-0.3, -0.25) is 19.4 Å². The molecule has 0 N–H and O–H groups in total. The van der Waals surface area contributed by atoms with Gasteiger partial charge in [0.25, 0.3) is 0 Å². The molecule has 7 nitrogen and oxygen atoms in total. The number of hydrazone groups is 1. The van der Waals surface area contributed by atoms with Crippen molar-refractivity contribution in [3.63, 3.8) is 0 Å². The molecule has 150 valence electrons. The van der Waals surface area contributed by atoms with Crippen LogP contribution in [0.1, 0.15) is 10.4 Å². The van der Waals surface area contributed by atoms with Crippen molar-refractivity contribution in [3.05, 3.63) is 72.3 Å². The van der Waals surface area contributed by atoms with Crippen LogP contribution in [0, 0.1) is 11.8 Å². The summed E-state index contributed by atoms with van der Waals surface area (Å²) in [4.78, 5) is 41.4. The average Bonchev–Trinajstić information content (AvgIpc) is 3.26. The van der Waals surface area contributed by atoms with Gasteiger partial charge in [0.05, 0.1) is 30.7 Å². The van der Waals surface area contributed by atoms with Gasteiger partial charge in [0.15, 0.2) is 5.78 Å². The van der Waals surface area contributed by atoms with Gasteiger partial charge in [-0.2, -0.15) is 5.10 Å². The highest BCUT2D eigenvalue weighted by Crippen LogP contribution is 2.46. The average molecular weight is 401 g/mol. The molecule has 0 saturated carbocycles. The third-order valence-corrected chi connectivity index (χ3v) is 5.95. The van der Waals surface area contributed by atoms with E-state index in [9.17, 15) is 14.4 Å². The summed E-state index contributed by atoms with van der Waals surface area (Å²) in [5.41, 5.74) is 0.968. The number of rotatable bonds is 4. The summed E-state index contributed by atoms with van der Waals surface area (Å²) in [6.07, 6.45) is 5.17. The number of benzene rings is 2. The molecule has 0 bridgehead atoms. The highest BCUT2D eigenvalue weighted by molar-refractivity contribution is 6.24. The van der Waals surface area contributed by atoms with E-state index >= 15 is 0 Å². The Morgan fingerprint density at radius 3 is 2.37 bits per heavy atom. The number of para-hydroxylation sites is 1. The van der Waals surface area contributed by atoms with Gasteiger partial charge in [-0.1, -0.05) is 24.3 Å². The first-order valence-electron chi connectivity index (χ1n) is 9.72. The molecule has 0 radical (unpaired) electrons. The van der Waals surface area contributed by atoms with E-state index in [1.54, 1.807) is 72.9 Å². The second-order valence-electron chi connectivity index (χ2n) is 7.46. The van der Waals surface area contributed by atoms with Crippen LogP contribution in [0.4, 0.5) is 5.69 Å². The van der Waals surface area contributed by atoms with Gasteiger partial charge in [0.1, 0.15) is 11.8 Å². The lowest BCUT2D eigenvalue weighted by atomic mass is 9.86. The van der Waals surface area contributed by atoms with Gasteiger partial charge in [-0.25, -0.2) is 4.90 Å². The maximum absolute atomic E-state index is 13.5. The largest absolute Gasteiger partial charge is 0.497 e. The zero-order chi connectivity index (χ0) is 20.8. The number of methoxy groups -OCH3 is 1. The second kappa shape index (κ2) is 6.95. The monoisotopic (exact) mass is 401 g/mol. The van der Waals surface area contributed by atoms with Crippen molar-refractivity contribution >= 4 is 29.5 Å². The quantitative estimate of drug-likeness (QED) is 0.580. The van der Waals surface area contributed by atoms with Gasteiger partial charge < -0.3 is 4.74 Å². The summed E-state index contributed by atoms with van der Waals surface area (Å²) >= 11 is 0. The number of hydrogen-bond donors (Lipinski definition) is 0. The highest BCUT2D eigenvalue weighted by Gasteiger charge is 2.64. The number of carbonyl (C=O) groups is 3. The van der Waals surface area contributed by atoms with E-state index < -0.39 is 23.9 Å². The van der Waals surface area contributed by atoms with E-state index in [0.717, 1.165) is 0 Å². The Morgan fingerprint density at radius 1 is 0.967 bits per heavy atom. The molecule has 7 heteroatoms. The molecule has 3 heterocycles. The van der Waals surface area contributed by atoms with Crippen molar-refractivity contribution < 1.29 is 19.1 Å². The van der Waals surface area contributed by atoms with E-state index in [1.165, 1.54) is 4.90 Å². The van der Waals surface area contributed by atoms with Gasteiger partial charge in [-0.05, 0) is 42.5 Å². The van der Waals surface area contributed by atoms with Crippen molar-refractivity contribution in [2.75, 3.05) is 12.0 Å². The van der Waals surface area contributed by atoms with Crippen molar-refractivity contribution in [1.29, 1.82) is 0 Å². The number of amides is 2. The molecule has 0 aromatic heterocycles. The Bertz CT molecular complexity index is 1080. The van der Waals surface area contributed by atoms with Crippen LogP contribution < -0.4 is 9.64 Å². The summed E-state index contributed by atoms with van der Waals surface area (Å²) in [5, 5.41) is 5.97. The normalized spacial score (nSPS) is 26.7. The Hall–Kier alpha value is -3.74. The number of ether oxygens (including phenoxy) is 1. The summed E-state index contributed by atoms with van der Waals surface area (Å²) in [6, 6.07) is 14.3. The number of Topliss-reactive ketones (excluding diaryl/α,β-unsaturated/α-hetero) is 1. The van der Waals surface area contributed by atoms with Crippen molar-refractivity contribution in [1.82, 2.24) is 5.01 Å². The van der Waals surface area contributed by atoms with Gasteiger partial charge >= 0.3 is 0 Å². The van der Waals surface area contributed by atoms with Crippen LogP contribution in [0.25, 0.3) is 0 Å².